The Kier molecular flexibility index (Phi) is 4.16. The normalized spacial score (nSPS) is 9.84. The van der Waals surface area contributed by atoms with Crippen molar-refractivity contribution in [2.24, 2.45) is 0 Å². The minimum atomic E-state index is -0.935. The topological polar surface area (TPSA) is 74.0 Å². The molecule has 0 spiro atoms. The Morgan fingerprint density at radius 3 is 2.68 bits per heavy atom. The first-order valence-electron chi connectivity index (χ1n) is 5.51. The van der Waals surface area contributed by atoms with Crippen LogP contribution >= 0.6 is 11.8 Å². The van der Waals surface area contributed by atoms with Crippen LogP contribution in [-0.4, -0.2) is 16.1 Å². The predicted molar refractivity (Wildman–Crippen MR) is 71.9 cm³/mol. The van der Waals surface area contributed by atoms with Gasteiger partial charge in [-0.1, -0.05) is 12.1 Å². The Labute approximate surface area is 114 Å². The molecule has 0 saturated heterocycles. The molecule has 0 unspecified atom stereocenters. The predicted octanol–water partition coefficient (Wildman–Crippen LogP) is 2.94. The lowest BCUT2D eigenvalue weighted by Gasteiger charge is -2.03. The number of carboxylic acids is 1. The first-order valence-corrected chi connectivity index (χ1v) is 6.49. The highest BCUT2D eigenvalue weighted by Crippen LogP contribution is 2.23. The van der Waals surface area contributed by atoms with Crippen LogP contribution in [0.5, 0.6) is 0 Å². The van der Waals surface area contributed by atoms with E-state index in [0.29, 0.717) is 16.3 Å². The summed E-state index contributed by atoms with van der Waals surface area (Å²) in [7, 11) is 0. The molecule has 0 aliphatic heterocycles. The Morgan fingerprint density at radius 1 is 1.32 bits per heavy atom. The van der Waals surface area contributed by atoms with Gasteiger partial charge in [-0.2, -0.15) is 5.26 Å². The van der Waals surface area contributed by atoms with Crippen molar-refractivity contribution in [1.82, 2.24) is 4.98 Å². The van der Waals surface area contributed by atoms with E-state index in [9.17, 15) is 4.79 Å². The third kappa shape index (κ3) is 3.33. The summed E-state index contributed by atoms with van der Waals surface area (Å²) in [4.78, 5) is 14.9. The van der Waals surface area contributed by atoms with Gasteiger partial charge in [-0.3, -0.25) is 0 Å². The van der Waals surface area contributed by atoms with E-state index in [1.54, 1.807) is 42.6 Å². The molecule has 0 saturated carbocycles. The molecule has 4 nitrogen and oxygen atoms in total. The summed E-state index contributed by atoms with van der Waals surface area (Å²) in [5, 5.41) is 18.4. The van der Waals surface area contributed by atoms with E-state index >= 15 is 0 Å². The molecule has 0 fully saturated rings. The van der Waals surface area contributed by atoms with Crippen molar-refractivity contribution >= 4 is 17.7 Å². The van der Waals surface area contributed by atoms with E-state index in [-0.39, 0.29) is 5.56 Å². The van der Waals surface area contributed by atoms with Gasteiger partial charge in [0.2, 0.25) is 0 Å². The number of rotatable bonds is 4. The summed E-state index contributed by atoms with van der Waals surface area (Å²) in [5.41, 5.74) is 1.81. The number of carbonyl (C=O) groups is 1. The minimum Gasteiger partial charge on any atom is -0.478 e. The maximum atomic E-state index is 10.7. The Hall–Kier alpha value is -2.32. The van der Waals surface area contributed by atoms with Crippen molar-refractivity contribution in [2.75, 3.05) is 0 Å². The maximum absolute atomic E-state index is 10.7. The van der Waals surface area contributed by atoms with Crippen LogP contribution in [-0.2, 0) is 5.75 Å². The summed E-state index contributed by atoms with van der Waals surface area (Å²) in [5.74, 6) is -0.290. The van der Waals surface area contributed by atoms with E-state index in [4.69, 9.17) is 10.4 Å². The van der Waals surface area contributed by atoms with E-state index in [1.807, 2.05) is 0 Å². The summed E-state index contributed by atoms with van der Waals surface area (Å²) in [6.45, 7) is 0. The van der Waals surface area contributed by atoms with Crippen molar-refractivity contribution in [3.63, 3.8) is 0 Å². The second kappa shape index (κ2) is 6.03. The molecule has 0 atom stereocenters. The molecule has 2 aromatic rings. The summed E-state index contributed by atoms with van der Waals surface area (Å²) in [6, 6.07) is 12.2. The van der Waals surface area contributed by atoms with Gasteiger partial charge < -0.3 is 5.11 Å². The van der Waals surface area contributed by atoms with Crippen LogP contribution in [0, 0.1) is 11.3 Å². The zero-order valence-electron chi connectivity index (χ0n) is 9.91. The molecule has 5 heteroatoms. The Morgan fingerprint density at radius 2 is 2.05 bits per heavy atom. The Bertz CT molecular complexity index is 633. The highest BCUT2D eigenvalue weighted by molar-refractivity contribution is 7.98. The molecule has 1 aromatic carbocycles. The van der Waals surface area contributed by atoms with E-state index in [2.05, 4.69) is 11.1 Å². The number of hydrogen-bond acceptors (Lipinski definition) is 4. The first kappa shape index (κ1) is 13.1. The lowest BCUT2D eigenvalue weighted by molar-refractivity contribution is 0.0697. The molecule has 0 bridgehead atoms. The number of nitriles is 1. The molecule has 1 aromatic heterocycles. The van der Waals surface area contributed by atoms with Gasteiger partial charge in [0.05, 0.1) is 11.1 Å². The summed E-state index contributed by atoms with van der Waals surface area (Å²) >= 11 is 1.46. The first-order chi connectivity index (χ1) is 9.20. The average molecular weight is 270 g/mol. The molecular formula is C14H10N2O2S. The zero-order valence-corrected chi connectivity index (χ0v) is 10.7. The van der Waals surface area contributed by atoms with Gasteiger partial charge in [0.25, 0.3) is 0 Å². The molecule has 2 rings (SSSR count). The van der Waals surface area contributed by atoms with Crippen LogP contribution in [0.25, 0.3) is 0 Å². The van der Waals surface area contributed by atoms with Crippen LogP contribution in [0.2, 0.25) is 0 Å². The van der Waals surface area contributed by atoms with Crippen molar-refractivity contribution in [1.29, 1.82) is 5.26 Å². The molecule has 94 valence electrons. The average Bonchev–Trinajstić information content (AvgIpc) is 2.45. The monoisotopic (exact) mass is 270 g/mol. The fourth-order valence-corrected chi connectivity index (χ4v) is 2.39. The number of hydrogen-bond donors (Lipinski definition) is 1. The van der Waals surface area contributed by atoms with Crippen LogP contribution in [0.3, 0.4) is 0 Å². The molecule has 0 aliphatic rings. The number of nitrogens with zero attached hydrogens (tertiary/aromatic N) is 2. The van der Waals surface area contributed by atoms with E-state index in [0.717, 1.165) is 5.56 Å². The molecule has 0 aliphatic carbocycles. The van der Waals surface area contributed by atoms with Crippen molar-refractivity contribution in [2.45, 2.75) is 10.8 Å². The van der Waals surface area contributed by atoms with Gasteiger partial charge in [-0.25, -0.2) is 9.78 Å². The largest absolute Gasteiger partial charge is 0.478 e. The SMILES string of the molecule is N#Cc1cccnc1SCc1ccc(C(=O)O)cc1. The Balaban J connectivity index is 2.06. The molecule has 1 heterocycles. The summed E-state index contributed by atoms with van der Waals surface area (Å²) < 4.78 is 0. The molecule has 0 radical (unpaired) electrons. The van der Waals surface area contributed by atoms with Crippen molar-refractivity contribution in [3.05, 3.63) is 59.3 Å². The van der Waals surface area contributed by atoms with Gasteiger partial charge in [-0.15, -0.1) is 11.8 Å². The number of benzene rings is 1. The molecule has 1 N–H and O–H groups in total. The minimum absolute atomic E-state index is 0.268. The second-order valence-corrected chi connectivity index (χ2v) is 4.72. The highest BCUT2D eigenvalue weighted by Gasteiger charge is 2.05. The quantitative estimate of drug-likeness (QED) is 0.864. The van der Waals surface area contributed by atoms with Gasteiger partial charge in [-0.05, 0) is 29.8 Å². The molecule has 0 amide bonds. The third-order valence-electron chi connectivity index (χ3n) is 2.47. The third-order valence-corrected chi connectivity index (χ3v) is 3.54. The van der Waals surface area contributed by atoms with Crippen LogP contribution in [0.15, 0.2) is 47.6 Å². The lowest BCUT2D eigenvalue weighted by Crippen LogP contribution is -1.95. The highest BCUT2D eigenvalue weighted by atomic mass is 32.2. The fraction of sp³-hybridized carbons (Fsp3) is 0.0714. The lowest BCUT2D eigenvalue weighted by atomic mass is 10.1. The standard InChI is InChI=1S/C14H10N2O2S/c15-8-12-2-1-7-16-13(12)19-9-10-3-5-11(6-4-10)14(17)18/h1-7H,9H2,(H,17,18). The summed E-state index contributed by atoms with van der Waals surface area (Å²) in [6.07, 6.45) is 1.65. The number of carboxylic acid groups (broad SMARTS) is 1. The maximum Gasteiger partial charge on any atom is 0.335 e. The van der Waals surface area contributed by atoms with Crippen molar-refractivity contribution in [3.8, 4) is 6.07 Å². The smallest absolute Gasteiger partial charge is 0.335 e. The van der Waals surface area contributed by atoms with Crippen LogP contribution in [0.1, 0.15) is 21.5 Å². The second-order valence-electron chi connectivity index (χ2n) is 3.76. The van der Waals surface area contributed by atoms with Crippen LogP contribution in [0.4, 0.5) is 0 Å². The zero-order chi connectivity index (χ0) is 13.7. The number of thioether (sulfide) groups is 1. The molecular weight excluding hydrogens is 260 g/mol. The number of aromatic nitrogens is 1. The number of pyridine rings is 1. The number of aromatic carboxylic acids is 1. The van der Waals surface area contributed by atoms with E-state index < -0.39 is 5.97 Å². The van der Waals surface area contributed by atoms with Crippen LogP contribution < -0.4 is 0 Å². The van der Waals surface area contributed by atoms with Gasteiger partial charge in [0.1, 0.15) is 11.1 Å². The van der Waals surface area contributed by atoms with Gasteiger partial charge in [0, 0.05) is 11.9 Å². The molecule has 19 heavy (non-hydrogen) atoms. The van der Waals surface area contributed by atoms with Gasteiger partial charge in [0.15, 0.2) is 0 Å². The van der Waals surface area contributed by atoms with Crippen molar-refractivity contribution < 1.29 is 9.90 Å². The van der Waals surface area contributed by atoms with Gasteiger partial charge >= 0.3 is 5.97 Å². The fourth-order valence-electron chi connectivity index (χ4n) is 1.49. The van der Waals surface area contributed by atoms with E-state index in [1.165, 1.54) is 11.8 Å².